The highest BCUT2D eigenvalue weighted by Gasteiger charge is 2.51. The zero-order valence-corrected chi connectivity index (χ0v) is 21.6. The molecule has 0 bridgehead atoms. The lowest BCUT2D eigenvalue weighted by Gasteiger charge is -2.55. The number of rotatable bonds is 8. The molecule has 4 rings (SSSR count). The van der Waals surface area contributed by atoms with Crippen molar-refractivity contribution in [3.05, 3.63) is 71.5 Å². The van der Waals surface area contributed by atoms with Crippen molar-refractivity contribution in [1.82, 2.24) is 30.5 Å². The van der Waals surface area contributed by atoms with E-state index in [2.05, 4.69) is 10.6 Å². The highest BCUT2D eigenvalue weighted by Crippen LogP contribution is 2.32. The molecule has 2 aromatic carbocycles. The average molecular weight is 511 g/mol. The summed E-state index contributed by atoms with van der Waals surface area (Å²) in [6, 6.07) is 14.3. The van der Waals surface area contributed by atoms with Crippen LogP contribution in [-0.2, 0) is 16.1 Å². The van der Waals surface area contributed by atoms with Gasteiger partial charge in [0.2, 0.25) is 11.8 Å². The topological polar surface area (TPSA) is 88.2 Å². The molecule has 0 aromatic heterocycles. The van der Waals surface area contributed by atoms with Crippen molar-refractivity contribution < 1.29 is 18.8 Å². The molecule has 0 radical (unpaired) electrons. The first-order chi connectivity index (χ1) is 17.8. The van der Waals surface area contributed by atoms with Crippen LogP contribution in [0.5, 0.6) is 0 Å². The quantitative estimate of drug-likeness (QED) is 0.533. The van der Waals surface area contributed by atoms with Crippen LogP contribution < -0.4 is 10.6 Å². The number of hydrazine groups is 1. The molecular weight excluding hydrogens is 475 g/mol. The van der Waals surface area contributed by atoms with E-state index >= 15 is 0 Å². The zero-order valence-electron chi connectivity index (χ0n) is 21.6. The van der Waals surface area contributed by atoms with Gasteiger partial charge in [-0.15, -0.1) is 0 Å². The van der Waals surface area contributed by atoms with Gasteiger partial charge in [-0.05, 0) is 56.6 Å². The lowest BCUT2D eigenvalue weighted by atomic mass is 9.98. The van der Waals surface area contributed by atoms with Crippen LogP contribution in [0.1, 0.15) is 36.9 Å². The summed E-state index contributed by atoms with van der Waals surface area (Å²) in [6.07, 6.45) is 0.498. The van der Waals surface area contributed by atoms with Crippen LogP contribution in [0.25, 0.3) is 0 Å². The summed E-state index contributed by atoms with van der Waals surface area (Å²) >= 11 is 0. The van der Waals surface area contributed by atoms with Crippen LogP contribution in [0, 0.1) is 5.82 Å². The molecule has 198 valence electrons. The van der Waals surface area contributed by atoms with E-state index in [1.165, 1.54) is 12.1 Å². The van der Waals surface area contributed by atoms with E-state index in [0.717, 1.165) is 11.1 Å². The Labute approximate surface area is 217 Å². The predicted octanol–water partition coefficient (Wildman–Crippen LogP) is 2.32. The lowest BCUT2D eigenvalue weighted by Crippen LogP contribution is -2.76. The number of halogens is 1. The summed E-state index contributed by atoms with van der Waals surface area (Å²) in [5.74, 6) is -0.693. The molecule has 9 nitrogen and oxygen atoms in total. The summed E-state index contributed by atoms with van der Waals surface area (Å²) in [4.78, 5) is 43.8. The van der Waals surface area contributed by atoms with Gasteiger partial charge in [0.05, 0.1) is 19.1 Å². The van der Waals surface area contributed by atoms with E-state index in [0.29, 0.717) is 25.9 Å². The Morgan fingerprint density at radius 3 is 2.49 bits per heavy atom. The van der Waals surface area contributed by atoms with Crippen molar-refractivity contribution >= 4 is 17.8 Å². The van der Waals surface area contributed by atoms with Crippen LogP contribution in [0.15, 0.2) is 54.6 Å². The van der Waals surface area contributed by atoms with Gasteiger partial charge in [0.25, 0.3) is 0 Å². The Morgan fingerprint density at radius 1 is 1.11 bits per heavy atom. The summed E-state index contributed by atoms with van der Waals surface area (Å²) in [5.41, 5.74) is 1.74. The van der Waals surface area contributed by atoms with Crippen molar-refractivity contribution in [3.63, 3.8) is 0 Å². The number of hydrogen-bond acceptors (Lipinski definition) is 5. The minimum atomic E-state index is -0.694. The molecule has 2 heterocycles. The second-order valence-electron chi connectivity index (χ2n) is 9.57. The number of nitrogens with one attached hydrogen (secondary N) is 2. The molecule has 37 heavy (non-hydrogen) atoms. The normalized spacial score (nSPS) is 21.1. The van der Waals surface area contributed by atoms with Gasteiger partial charge in [0.1, 0.15) is 18.0 Å². The minimum absolute atomic E-state index is 0.00141. The van der Waals surface area contributed by atoms with Crippen molar-refractivity contribution in [3.8, 4) is 0 Å². The van der Waals surface area contributed by atoms with Gasteiger partial charge in [0, 0.05) is 13.6 Å². The molecule has 2 aliphatic heterocycles. The largest absolute Gasteiger partial charge is 0.334 e. The third-order valence-electron chi connectivity index (χ3n) is 7.11. The number of likely N-dealkylation sites (N-methyl/N-ethyl adjacent to an activating group) is 1. The number of carbonyl (C=O) groups excluding carboxylic acids is 3. The number of fused-ring (bicyclic) bond motifs is 1. The fourth-order valence-electron chi connectivity index (χ4n) is 5.14. The Bertz CT molecular complexity index is 1100. The fraction of sp³-hybridized carbons (Fsp3) is 0.444. The number of carbonyl (C=O) groups is 3. The average Bonchev–Trinajstić information content (AvgIpc) is 2.89. The summed E-state index contributed by atoms with van der Waals surface area (Å²) in [7, 11) is 3.55. The molecule has 10 heteroatoms. The van der Waals surface area contributed by atoms with Crippen molar-refractivity contribution in [1.29, 1.82) is 0 Å². The summed E-state index contributed by atoms with van der Waals surface area (Å²) in [6.45, 7) is 3.07. The lowest BCUT2D eigenvalue weighted by molar-refractivity contribution is -0.189. The van der Waals surface area contributed by atoms with Crippen LogP contribution in [0.3, 0.4) is 0 Å². The second kappa shape index (κ2) is 11.7. The molecule has 2 saturated heterocycles. The Hall–Kier alpha value is -3.50. The van der Waals surface area contributed by atoms with Crippen molar-refractivity contribution in [2.24, 2.45) is 0 Å². The summed E-state index contributed by atoms with van der Waals surface area (Å²) in [5, 5.41) is 9.21. The molecule has 0 aliphatic carbocycles. The van der Waals surface area contributed by atoms with Gasteiger partial charge < -0.3 is 20.4 Å². The van der Waals surface area contributed by atoms with Gasteiger partial charge in [-0.25, -0.2) is 19.2 Å². The molecular formula is C27H35FN6O3. The molecule has 2 fully saturated rings. The third kappa shape index (κ3) is 5.75. The molecule has 0 spiro atoms. The number of urea groups is 1. The van der Waals surface area contributed by atoms with Gasteiger partial charge in [-0.2, -0.15) is 0 Å². The van der Waals surface area contributed by atoms with Crippen LogP contribution in [-0.4, -0.2) is 83.6 Å². The van der Waals surface area contributed by atoms with E-state index in [-0.39, 0.29) is 42.8 Å². The Morgan fingerprint density at radius 2 is 1.81 bits per heavy atom. The Balaban J connectivity index is 1.63. The van der Waals surface area contributed by atoms with E-state index in [1.807, 2.05) is 44.3 Å². The van der Waals surface area contributed by atoms with Crippen LogP contribution in [0.4, 0.5) is 9.18 Å². The van der Waals surface area contributed by atoms with Gasteiger partial charge >= 0.3 is 6.03 Å². The first-order valence-corrected chi connectivity index (χ1v) is 12.7. The van der Waals surface area contributed by atoms with Crippen LogP contribution >= 0.6 is 0 Å². The highest BCUT2D eigenvalue weighted by molar-refractivity contribution is 5.91. The standard InChI is InChI=1S/C27H35FN6O3/c1-19(21-11-13-22(28)14-12-21)32-17-24-33(23(26(32)36)10-7-15-29-2)25(35)18-31(3)34(24)27(37)30-16-20-8-5-4-6-9-20/h4-6,8-9,11-14,19,23-24,29H,7,10,15-18H2,1-3H3,(H,30,37)/t19?,23-,24?/m0/s1. The fourth-order valence-corrected chi connectivity index (χ4v) is 5.14. The molecule has 4 amide bonds. The van der Waals surface area contributed by atoms with Gasteiger partial charge in [-0.3, -0.25) is 9.59 Å². The highest BCUT2D eigenvalue weighted by atomic mass is 19.1. The molecule has 3 atom stereocenters. The summed E-state index contributed by atoms with van der Waals surface area (Å²) < 4.78 is 13.6. The SMILES string of the molecule is CNCCC[C@H]1C(=O)N(C(C)c2ccc(F)cc2)CC2N1C(=O)CN(C)N2C(=O)NCc1ccccc1. The Kier molecular flexibility index (Phi) is 8.40. The zero-order chi connectivity index (χ0) is 26.5. The minimum Gasteiger partial charge on any atom is -0.333 e. The number of nitrogens with zero attached hydrogens (tertiary/aromatic N) is 4. The predicted molar refractivity (Wildman–Crippen MR) is 137 cm³/mol. The van der Waals surface area contributed by atoms with Crippen molar-refractivity contribution in [2.75, 3.05) is 33.7 Å². The van der Waals surface area contributed by atoms with E-state index < -0.39 is 12.2 Å². The molecule has 2 N–H and O–H groups in total. The van der Waals surface area contributed by atoms with E-state index in [1.54, 1.807) is 39.0 Å². The van der Waals surface area contributed by atoms with Crippen LogP contribution in [0.2, 0.25) is 0 Å². The number of hydrogen-bond donors (Lipinski definition) is 2. The first-order valence-electron chi connectivity index (χ1n) is 12.7. The van der Waals surface area contributed by atoms with Crippen molar-refractivity contribution in [2.45, 2.75) is 44.6 Å². The second-order valence-corrected chi connectivity index (χ2v) is 9.57. The monoisotopic (exact) mass is 510 g/mol. The smallest absolute Gasteiger partial charge is 0.333 e. The molecule has 0 saturated carbocycles. The maximum Gasteiger partial charge on any atom is 0.334 e. The van der Waals surface area contributed by atoms with E-state index in [4.69, 9.17) is 0 Å². The number of piperazine rings is 1. The number of benzene rings is 2. The molecule has 2 aliphatic rings. The number of amides is 4. The van der Waals surface area contributed by atoms with Gasteiger partial charge in [-0.1, -0.05) is 42.5 Å². The molecule has 2 unspecified atom stereocenters. The van der Waals surface area contributed by atoms with Gasteiger partial charge in [0.15, 0.2) is 0 Å². The first kappa shape index (κ1) is 26.6. The maximum atomic E-state index is 13.8. The molecule has 2 aromatic rings. The van der Waals surface area contributed by atoms with E-state index in [9.17, 15) is 18.8 Å². The maximum absolute atomic E-state index is 13.8. The third-order valence-corrected chi connectivity index (χ3v) is 7.11.